The van der Waals surface area contributed by atoms with Gasteiger partial charge in [-0.25, -0.2) is 4.79 Å². The van der Waals surface area contributed by atoms with Crippen molar-refractivity contribution in [3.05, 3.63) is 53.6 Å². The largest absolute Gasteiger partial charge is 0.478 e. The lowest BCUT2D eigenvalue weighted by Crippen LogP contribution is -2.02. The summed E-state index contributed by atoms with van der Waals surface area (Å²) >= 11 is 0. The Hall–Kier alpha value is -2.49. The summed E-state index contributed by atoms with van der Waals surface area (Å²) < 4.78 is 0. The van der Waals surface area contributed by atoms with Crippen molar-refractivity contribution in [3.8, 4) is 0 Å². The highest BCUT2D eigenvalue weighted by atomic mass is 16.4. The number of anilines is 3. The Balaban J connectivity index is 2.37. The molecule has 0 saturated carbocycles. The zero-order chi connectivity index (χ0) is 13.8. The predicted octanol–water partition coefficient (Wildman–Crippen LogP) is 3.27. The second-order valence-electron chi connectivity index (χ2n) is 4.24. The van der Waals surface area contributed by atoms with Crippen LogP contribution in [0.5, 0.6) is 0 Å². The predicted molar refractivity (Wildman–Crippen MR) is 76.9 cm³/mol. The van der Waals surface area contributed by atoms with E-state index in [9.17, 15) is 4.79 Å². The van der Waals surface area contributed by atoms with E-state index in [-0.39, 0.29) is 5.56 Å². The van der Waals surface area contributed by atoms with Crippen LogP contribution in [0.1, 0.15) is 22.8 Å². The molecule has 4 N–H and O–H groups in total. The van der Waals surface area contributed by atoms with E-state index in [0.29, 0.717) is 11.4 Å². The van der Waals surface area contributed by atoms with Gasteiger partial charge in [0.25, 0.3) is 0 Å². The van der Waals surface area contributed by atoms with Crippen LogP contribution in [0.25, 0.3) is 0 Å². The summed E-state index contributed by atoms with van der Waals surface area (Å²) in [5, 5.41) is 12.2. The molecule has 0 aliphatic heterocycles. The van der Waals surface area contributed by atoms with Crippen LogP contribution in [0.3, 0.4) is 0 Å². The normalized spacial score (nSPS) is 10.2. The fourth-order valence-electron chi connectivity index (χ4n) is 1.89. The Bertz CT molecular complexity index is 609. The van der Waals surface area contributed by atoms with Gasteiger partial charge in [0.1, 0.15) is 0 Å². The molecule has 0 amide bonds. The molecular formula is C15H16N2O2. The zero-order valence-corrected chi connectivity index (χ0v) is 10.7. The Morgan fingerprint density at radius 1 is 1.21 bits per heavy atom. The second kappa shape index (κ2) is 5.44. The van der Waals surface area contributed by atoms with Gasteiger partial charge < -0.3 is 16.2 Å². The molecule has 2 aromatic carbocycles. The molecule has 0 saturated heterocycles. The number of hydrogen-bond donors (Lipinski definition) is 3. The van der Waals surface area contributed by atoms with Crippen molar-refractivity contribution in [2.45, 2.75) is 13.3 Å². The van der Waals surface area contributed by atoms with E-state index in [1.807, 2.05) is 24.3 Å². The van der Waals surface area contributed by atoms with Crippen LogP contribution in [0, 0.1) is 0 Å². The molecule has 0 atom stereocenters. The summed E-state index contributed by atoms with van der Waals surface area (Å²) in [5.41, 5.74) is 9.32. The fraction of sp³-hybridized carbons (Fsp3) is 0.133. The lowest BCUT2D eigenvalue weighted by Gasteiger charge is -2.13. The maximum Gasteiger partial charge on any atom is 0.335 e. The number of para-hydroxylation sites is 1. The van der Waals surface area contributed by atoms with Gasteiger partial charge in [0.2, 0.25) is 0 Å². The van der Waals surface area contributed by atoms with E-state index >= 15 is 0 Å². The first-order valence-electron chi connectivity index (χ1n) is 6.09. The molecule has 2 rings (SSSR count). The maximum absolute atomic E-state index is 11.0. The smallest absolute Gasteiger partial charge is 0.335 e. The highest BCUT2D eigenvalue weighted by Gasteiger charge is 2.08. The van der Waals surface area contributed by atoms with Crippen molar-refractivity contribution >= 4 is 23.0 Å². The highest BCUT2D eigenvalue weighted by Crippen LogP contribution is 2.26. The molecule has 0 aromatic heterocycles. The average molecular weight is 256 g/mol. The lowest BCUT2D eigenvalue weighted by molar-refractivity contribution is 0.0697. The molecule has 0 spiro atoms. The number of carboxylic acids is 1. The molecule has 2 aromatic rings. The standard InChI is InChI=1S/C15H16N2O2/c1-2-10-5-3-4-6-13(10)17-14-9-11(15(18)19)7-8-12(14)16/h3-9,17H,2,16H2,1H3,(H,18,19). The molecule has 0 bridgehead atoms. The van der Waals surface area contributed by atoms with Crippen LogP contribution in [0.2, 0.25) is 0 Å². The molecule has 0 aliphatic rings. The van der Waals surface area contributed by atoms with E-state index in [2.05, 4.69) is 12.2 Å². The number of aryl methyl sites for hydroxylation is 1. The van der Waals surface area contributed by atoms with Gasteiger partial charge in [-0.3, -0.25) is 0 Å². The highest BCUT2D eigenvalue weighted by molar-refractivity contribution is 5.91. The van der Waals surface area contributed by atoms with Gasteiger partial charge in [-0.15, -0.1) is 0 Å². The Morgan fingerprint density at radius 3 is 2.63 bits per heavy atom. The minimum atomic E-state index is -0.966. The van der Waals surface area contributed by atoms with Gasteiger partial charge in [-0.2, -0.15) is 0 Å². The van der Waals surface area contributed by atoms with Crippen LogP contribution < -0.4 is 11.1 Å². The van der Waals surface area contributed by atoms with E-state index in [0.717, 1.165) is 17.7 Å². The van der Waals surface area contributed by atoms with Crippen molar-refractivity contribution in [1.29, 1.82) is 0 Å². The first-order valence-corrected chi connectivity index (χ1v) is 6.09. The van der Waals surface area contributed by atoms with Crippen LogP contribution in [0.4, 0.5) is 17.1 Å². The van der Waals surface area contributed by atoms with Crippen molar-refractivity contribution in [3.63, 3.8) is 0 Å². The van der Waals surface area contributed by atoms with E-state index in [4.69, 9.17) is 10.8 Å². The number of benzene rings is 2. The van der Waals surface area contributed by atoms with Crippen molar-refractivity contribution < 1.29 is 9.90 Å². The van der Waals surface area contributed by atoms with Crippen molar-refractivity contribution in [1.82, 2.24) is 0 Å². The maximum atomic E-state index is 11.0. The van der Waals surface area contributed by atoms with Crippen LogP contribution in [-0.4, -0.2) is 11.1 Å². The molecule has 0 fully saturated rings. The Morgan fingerprint density at radius 2 is 1.95 bits per heavy atom. The minimum Gasteiger partial charge on any atom is -0.478 e. The van der Waals surface area contributed by atoms with Crippen LogP contribution in [-0.2, 0) is 6.42 Å². The summed E-state index contributed by atoms with van der Waals surface area (Å²) in [6.45, 7) is 2.07. The number of rotatable bonds is 4. The third-order valence-electron chi connectivity index (χ3n) is 2.97. The van der Waals surface area contributed by atoms with Crippen molar-refractivity contribution in [2.75, 3.05) is 11.1 Å². The van der Waals surface area contributed by atoms with E-state index < -0.39 is 5.97 Å². The van der Waals surface area contributed by atoms with E-state index in [1.54, 1.807) is 12.1 Å². The van der Waals surface area contributed by atoms with Gasteiger partial charge >= 0.3 is 5.97 Å². The Kier molecular flexibility index (Phi) is 3.71. The molecule has 98 valence electrons. The third-order valence-corrected chi connectivity index (χ3v) is 2.97. The van der Waals surface area contributed by atoms with Crippen LogP contribution >= 0.6 is 0 Å². The monoisotopic (exact) mass is 256 g/mol. The number of carbonyl (C=O) groups is 1. The van der Waals surface area contributed by atoms with Gasteiger partial charge in [0, 0.05) is 5.69 Å². The zero-order valence-electron chi connectivity index (χ0n) is 10.7. The molecule has 4 heteroatoms. The summed E-state index contributed by atoms with van der Waals surface area (Å²) in [5.74, 6) is -0.966. The van der Waals surface area contributed by atoms with Gasteiger partial charge in [-0.05, 0) is 36.2 Å². The number of carboxylic acid groups (broad SMARTS) is 1. The molecule has 0 unspecified atom stereocenters. The topological polar surface area (TPSA) is 75.3 Å². The van der Waals surface area contributed by atoms with E-state index in [1.165, 1.54) is 6.07 Å². The van der Waals surface area contributed by atoms with Gasteiger partial charge in [-0.1, -0.05) is 25.1 Å². The van der Waals surface area contributed by atoms with Gasteiger partial charge in [0.05, 0.1) is 16.9 Å². The summed E-state index contributed by atoms with van der Waals surface area (Å²) in [4.78, 5) is 11.0. The summed E-state index contributed by atoms with van der Waals surface area (Å²) in [6.07, 6.45) is 0.891. The van der Waals surface area contributed by atoms with Crippen molar-refractivity contribution in [2.24, 2.45) is 0 Å². The molecule has 4 nitrogen and oxygen atoms in total. The molecule has 0 heterocycles. The molecule has 0 aliphatic carbocycles. The fourth-order valence-corrected chi connectivity index (χ4v) is 1.89. The minimum absolute atomic E-state index is 0.214. The number of nitrogens with two attached hydrogens (primary N) is 1. The van der Waals surface area contributed by atoms with Crippen LogP contribution in [0.15, 0.2) is 42.5 Å². The lowest BCUT2D eigenvalue weighted by atomic mass is 10.1. The SMILES string of the molecule is CCc1ccccc1Nc1cc(C(=O)O)ccc1N. The number of hydrogen-bond acceptors (Lipinski definition) is 3. The molecular weight excluding hydrogens is 240 g/mol. The second-order valence-corrected chi connectivity index (χ2v) is 4.24. The van der Waals surface area contributed by atoms with Gasteiger partial charge in [0.15, 0.2) is 0 Å². The number of nitrogen functional groups attached to an aromatic ring is 1. The third kappa shape index (κ3) is 2.85. The average Bonchev–Trinajstić information content (AvgIpc) is 2.41. The number of aromatic carboxylic acids is 1. The quantitative estimate of drug-likeness (QED) is 0.734. The first kappa shape index (κ1) is 13.0. The molecule has 19 heavy (non-hydrogen) atoms. The number of nitrogens with one attached hydrogen (secondary N) is 1. The molecule has 0 radical (unpaired) electrons. The summed E-state index contributed by atoms with van der Waals surface area (Å²) in [7, 11) is 0. The Labute approximate surface area is 111 Å². The summed E-state index contributed by atoms with van der Waals surface area (Å²) in [6, 6.07) is 12.5. The first-order chi connectivity index (χ1) is 9.11.